The largest absolute Gasteiger partial charge is 0.340 e. The highest BCUT2D eigenvalue weighted by Crippen LogP contribution is 2.19. The number of hydrogen-bond donors (Lipinski definition) is 2. The summed E-state index contributed by atoms with van der Waals surface area (Å²) in [7, 11) is 0. The van der Waals surface area contributed by atoms with E-state index in [9.17, 15) is 4.79 Å². The summed E-state index contributed by atoms with van der Waals surface area (Å²) in [5, 5.41) is 10.4. The minimum atomic E-state index is -0.194. The molecule has 3 aromatic heterocycles. The molecule has 9 nitrogen and oxygen atoms in total. The third-order valence-electron chi connectivity index (χ3n) is 4.71. The number of nitrogens with zero attached hydrogens (tertiary/aromatic N) is 6. The smallest absolute Gasteiger partial charge is 0.255 e. The van der Waals surface area contributed by atoms with Crippen molar-refractivity contribution in [3.63, 3.8) is 0 Å². The minimum Gasteiger partial charge on any atom is -0.340 e. The molecule has 0 aliphatic rings. The Kier molecular flexibility index (Phi) is 5.11. The normalized spacial score (nSPS) is 10.6. The molecular formula is C23H18N8O. The predicted octanol–water partition coefficient (Wildman–Crippen LogP) is 3.84. The van der Waals surface area contributed by atoms with E-state index in [1.807, 2.05) is 60.9 Å². The summed E-state index contributed by atoms with van der Waals surface area (Å²) in [6, 6.07) is 18.4. The number of rotatable bonds is 6. The number of nitrogens with one attached hydrogen (secondary N) is 2. The Hall–Kier alpha value is -4.79. The summed E-state index contributed by atoms with van der Waals surface area (Å²) in [4.78, 5) is 25.2. The van der Waals surface area contributed by atoms with Gasteiger partial charge in [0.1, 0.15) is 24.3 Å². The van der Waals surface area contributed by atoms with E-state index in [1.54, 1.807) is 40.1 Å². The van der Waals surface area contributed by atoms with Crippen LogP contribution in [0, 0.1) is 0 Å². The van der Waals surface area contributed by atoms with Gasteiger partial charge in [0.2, 0.25) is 0 Å². The fraction of sp³-hybridized carbons (Fsp3) is 0. The van der Waals surface area contributed by atoms with Gasteiger partial charge in [-0.2, -0.15) is 5.10 Å². The Labute approximate surface area is 183 Å². The van der Waals surface area contributed by atoms with Gasteiger partial charge in [0.05, 0.1) is 5.69 Å². The zero-order chi connectivity index (χ0) is 21.8. The molecule has 0 saturated heterocycles. The molecule has 3 heterocycles. The van der Waals surface area contributed by atoms with Crippen LogP contribution in [0.1, 0.15) is 10.4 Å². The zero-order valence-electron chi connectivity index (χ0n) is 16.8. The monoisotopic (exact) mass is 422 g/mol. The van der Waals surface area contributed by atoms with E-state index in [0.29, 0.717) is 22.9 Å². The first-order valence-electron chi connectivity index (χ1n) is 9.83. The first-order valence-corrected chi connectivity index (χ1v) is 9.83. The molecule has 0 fully saturated rings. The summed E-state index contributed by atoms with van der Waals surface area (Å²) in [6.45, 7) is 0. The number of benzene rings is 2. The molecule has 5 aromatic rings. The van der Waals surface area contributed by atoms with Gasteiger partial charge in [-0.3, -0.25) is 9.36 Å². The van der Waals surface area contributed by atoms with Crippen LogP contribution in [0.25, 0.3) is 11.5 Å². The van der Waals surface area contributed by atoms with Crippen molar-refractivity contribution in [1.82, 2.24) is 29.3 Å². The first kappa shape index (κ1) is 19.2. The van der Waals surface area contributed by atoms with E-state index >= 15 is 0 Å². The molecule has 0 saturated carbocycles. The van der Waals surface area contributed by atoms with Gasteiger partial charge in [-0.1, -0.05) is 6.07 Å². The van der Waals surface area contributed by atoms with Crippen molar-refractivity contribution in [2.24, 2.45) is 0 Å². The lowest BCUT2D eigenvalue weighted by Crippen LogP contribution is -2.12. The van der Waals surface area contributed by atoms with Crippen LogP contribution in [0.15, 0.2) is 98.1 Å². The second-order valence-electron chi connectivity index (χ2n) is 6.89. The van der Waals surface area contributed by atoms with Crippen LogP contribution < -0.4 is 10.6 Å². The molecule has 0 atom stereocenters. The highest BCUT2D eigenvalue weighted by atomic mass is 16.1. The highest BCUT2D eigenvalue weighted by Gasteiger charge is 2.08. The Morgan fingerprint density at radius 1 is 0.875 bits per heavy atom. The van der Waals surface area contributed by atoms with Crippen molar-refractivity contribution < 1.29 is 4.79 Å². The zero-order valence-corrected chi connectivity index (χ0v) is 16.8. The molecule has 2 N–H and O–H groups in total. The Balaban J connectivity index is 1.26. The van der Waals surface area contributed by atoms with Crippen LogP contribution in [-0.2, 0) is 0 Å². The maximum Gasteiger partial charge on any atom is 0.255 e. The van der Waals surface area contributed by atoms with E-state index in [-0.39, 0.29) is 5.91 Å². The highest BCUT2D eigenvalue weighted by molar-refractivity contribution is 6.04. The number of anilines is 3. The van der Waals surface area contributed by atoms with Gasteiger partial charge >= 0.3 is 0 Å². The number of imidazole rings is 1. The third kappa shape index (κ3) is 4.21. The van der Waals surface area contributed by atoms with Crippen molar-refractivity contribution in [2.75, 3.05) is 10.6 Å². The van der Waals surface area contributed by atoms with Gasteiger partial charge < -0.3 is 10.6 Å². The first-order chi connectivity index (χ1) is 15.7. The van der Waals surface area contributed by atoms with E-state index < -0.39 is 0 Å². The number of amides is 1. The van der Waals surface area contributed by atoms with Crippen molar-refractivity contribution in [1.29, 1.82) is 0 Å². The van der Waals surface area contributed by atoms with Crippen molar-refractivity contribution in [3.8, 4) is 11.5 Å². The van der Waals surface area contributed by atoms with E-state index in [4.69, 9.17) is 0 Å². The van der Waals surface area contributed by atoms with Crippen LogP contribution in [-0.4, -0.2) is 35.2 Å². The minimum absolute atomic E-state index is 0.194. The van der Waals surface area contributed by atoms with Crippen molar-refractivity contribution in [3.05, 3.63) is 104 Å². The average Bonchev–Trinajstić information content (AvgIpc) is 3.55. The van der Waals surface area contributed by atoms with Gasteiger partial charge in [-0.05, 0) is 48.5 Å². The third-order valence-corrected chi connectivity index (χ3v) is 4.71. The van der Waals surface area contributed by atoms with Crippen molar-refractivity contribution in [2.45, 2.75) is 0 Å². The quantitative estimate of drug-likeness (QED) is 0.431. The lowest BCUT2D eigenvalue weighted by Gasteiger charge is -2.10. The lowest BCUT2D eigenvalue weighted by molar-refractivity contribution is 0.102. The van der Waals surface area contributed by atoms with Gasteiger partial charge in [-0.15, -0.1) is 0 Å². The molecule has 0 unspecified atom stereocenters. The molecule has 0 aliphatic heterocycles. The summed E-state index contributed by atoms with van der Waals surface area (Å²) in [5.74, 6) is 1.16. The number of aromatic nitrogens is 6. The molecule has 0 spiro atoms. The number of carbonyl (C=O) groups excluding carboxylic acids is 1. The van der Waals surface area contributed by atoms with Gasteiger partial charge in [0.25, 0.3) is 5.91 Å². The fourth-order valence-electron chi connectivity index (χ4n) is 3.15. The maximum absolute atomic E-state index is 12.7. The summed E-state index contributed by atoms with van der Waals surface area (Å²) in [6.07, 6.45) is 10.2. The Morgan fingerprint density at radius 2 is 1.75 bits per heavy atom. The van der Waals surface area contributed by atoms with Gasteiger partial charge in [-0.25, -0.2) is 19.6 Å². The van der Waals surface area contributed by atoms with Crippen LogP contribution >= 0.6 is 0 Å². The van der Waals surface area contributed by atoms with Crippen LogP contribution in [0.2, 0.25) is 0 Å². The fourth-order valence-corrected chi connectivity index (χ4v) is 3.15. The average molecular weight is 422 g/mol. The summed E-state index contributed by atoms with van der Waals surface area (Å²) < 4.78 is 3.51. The summed E-state index contributed by atoms with van der Waals surface area (Å²) in [5.41, 5.74) is 2.89. The van der Waals surface area contributed by atoms with Gasteiger partial charge in [0.15, 0.2) is 0 Å². The topological polar surface area (TPSA) is 103 Å². The van der Waals surface area contributed by atoms with E-state index in [0.717, 1.165) is 11.4 Å². The SMILES string of the molecule is O=C(Nc1ccc(Nc2cc(-n3ccnc3)ncn2)cc1)c1cccc(-n2cccn2)c1. The maximum atomic E-state index is 12.7. The molecule has 0 radical (unpaired) electrons. The standard InChI is InChI=1S/C23H18N8O/c32-23(17-3-1-4-20(13-17)31-11-2-9-27-31)29-19-7-5-18(6-8-19)28-21-14-22(26-15-25-21)30-12-10-24-16-30/h1-16H,(H,29,32)(H,25,26,28). The summed E-state index contributed by atoms with van der Waals surface area (Å²) >= 11 is 0. The Bertz CT molecular complexity index is 1330. The molecule has 2 aromatic carbocycles. The second-order valence-corrected chi connectivity index (χ2v) is 6.89. The van der Waals surface area contributed by atoms with Gasteiger partial charge in [0, 0.05) is 47.8 Å². The second kappa shape index (κ2) is 8.52. The molecule has 9 heteroatoms. The van der Waals surface area contributed by atoms with Crippen LogP contribution in [0.4, 0.5) is 17.2 Å². The van der Waals surface area contributed by atoms with Crippen LogP contribution in [0.3, 0.4) is 0 Å². The molecule has 0 aliphatic carbocycles. The predicted molar refractivity (Wildman–Crippen MR) is 120 cm³/mol. The van der Waals surface area contributed by atoms with Crippen molar-refractivity contribution >= 4 is 23.1 Å². The molecule has 32 heavy (non-hydrogen) atoms. The van der Waals surface area contributed by atoms with Crippen LogP contribution in [0.5, 0.6) is 0 Å². The lowest BCUT2D eigenvalue weighted by atomic mass is 10.2. The number of carbonyl (C=O) groups is 1. The Morgan fingerprint density at radius 3 is 2.53 bits per heavy atom. The molecule has 1 amide bonds. The molecule has 0 bridgehead atoms. The van der Waals surface area contributed by atoms with E-state index in [1.165, 1.54) is 6.33 Å². The molecular weight excluding hydrogens is 404 g/mol. The molecule has 5 rings (SSSR count). The molecule has 156 valence electrons. The van der Waals surface area contributed by atoms with E-state index in [2.05, 4.69) is 30.7 Å². The number of hydrogen-bond acceptors (Lipinski definition) is 6.